The summed E-state index contributed by atoms with van der Waals surface area (Å²) in [5.74, 6) is -0.289. The minimum atomic E-state index is -0.277. The van der Waals surface area contributed by atoms with E-state index in [1.807, 2.05) is 69.4 Å². The van der Waals surface area contributed by atoms with Gasteiger partial charge in [0.2, 0.25) is 5.91 Å². The third-order valence-corrected chi connectivity index (χ3v) is 4.81. The van der Waals surface area contributed by atoms with E-state index >= 15 is 0 Å². The molecule has 0 aliphatic carbocycles. The molecule has 2 amide bonds. The average Bonchev–Trinajstić information content (AvgIpc) is 2.62. The second-order valence-electron chi connectivity index (χ2n) is 6.98. The van der Waals surface area contributed by atoms with E-state index in [9.17, 15) is 9.59 Å². The lowest BCUT2D eigenvalue weighted by Crippen LogP contribution is -3.12. The fourth-order valence-corrected chi connectivity index (χ4v) is 3.01. The summed E-state index contributed by atoms with van der Waals surface area (Å²) in [6, 6.07) is 14.9. The number of nitrogens with zero attached hydrogens (tertiary/aromatic N) is 1. The maximum Gasteiger partial charge on any atom is 0.280 e. The number of quaternary nitrogens is 1. The van der Waals surface area contributed by atoms with E-state index in [0.29, 0.717) is 11.6 Å². The van der Waals surface area contributed by atoms with Crippen molar-refractivity contribution in [2.24, 2.45) is 0 Å². The van der Waals surface area contributed by atoms with Gasteiger partial charge in [0.1, 0.15) is 6.54 Å². The molecule has 2 aromatic carbocycles. The number of likely N-dealkylation sites (N-methyl/N-ethyl adjacent to an activating group) is 2. The Kier molecular flexibility index (Phi) is 7.39. The van der Waals surface area contributed by atoms with E-state index in [0.717, 1.165) is 21.7 Å². The molecule has 0 heterocycles. The van der Waals surface area contributed by atoms with E-state index in [-0.39, 0.29) is 24.4 Å². The molecule has 5 nitrogen and oxygen atoms in total. The van der Waals surface area contributed by atoms with Crippen LogP contribution < -0.4 is 10.2 Å². The molecule has 2 aromatic rings. The van der Waals surface area contributed by atoms with Gasteiger partial charge in [-0.05, 0) is 38.1 Å². The summed E-state index contributed by atoms with van der Waals surface area (Å²) in [5.41, 5.74) is 2.92. The molecule has 0 aliphatic heterocycles. The van der Waals surface area contributed by atoms with Crippen LogP contribution in [0, 0.1) is 6.92 Å². The van der Waals surface area contributed by atoms with Gasteiger partial charge >= 0.3 is 0 Å². The average molecular weight is 389 g/mol. The normalized spacial score (nSPS) is 12.9. The summed E-state index contributed by atoms with van der Waals surface area (Å²) in [5, 5.41) is 3.50. The van der Waals surface area contributed by atoms with Crippen LogP contribution in [-0.4, -0.2) is 43.4 Å². The number of benzene rings is 2. The SMILES string of the molecule is Cc1ccc(NC(=O)CN(C)C(=O)[C@@H](C)[NH+](C)Cc2cccc(Cl)c2)cc1. The zero-order valence-electron chi connectivity index (χ0n) is 16.3. The lowest BCUT2D eigenvalue weighted by molar-refractivity contribution is -0.908. The molecular formula is C21H27ClN3O2+. The number of halogens is 1. The summed E-state index contributed by atoms with van der Waals surface area (Å²) < 4.78 is 0. The standard InChI is InChI=1S/C21H26ClN3O2/c1-15-8-10-19(11-9-15)23-20(26)14-25(4)21(27)16(2)24(3)13-17-6-5-7-18(22)12-17/h5-12,16H,13-14H2,1-4H3,(H,23,26)/p+1/t16-/m1/s1. The Morgan fingerprint density at radius 3 is 2.48 bits per heavy atom. The fraction of sp³-hybridized carbons (Fsp3) is 0.333. The molecule has 0 saturated carbocycles. The van der Waals surface area contributed by atoms with Crippen LogP contribution >= 0.6 is 11.6 Å². The quantitative estimate of drug-likeness (QED) is 0.763. The Labute approximate surface area is 165 Å². The largest absolute Gasteiger partial charge is 0.331 e. The summed E-state index contributed by atoms with van der Waals surface area (Å²) in [6.45, 7) is 4.55. The molecule has 0 bridgehead atoms. The van der Waals surface area contributed by atoms with E-state index < -0.39 is 0 Å². The van der Waals surface area contributed by atoms with Gasteiger partial charge < -0.3 is 15.1 Å². The van der Waals surface area contributed by atoms with Crippen LogP contribution in [-0.2, 0) is 16.1 Å². The fourth-order valence-electron chi connectivity index (χ4n) is 2.79. The molecule has 0 saturated heterocycles. The Morgan fingerprint density at radius 2 is 1.85 bits per heavy atom. The number of rotatable bonds is 7. The minimum Gasteiger partial charge on any atom is -0.331 e. The van der Waals surface area contributed by atoms with Gasteiger partial charge in [0, 0.05) is 23.3 Å². The third-order valence-electron chi connectivity index (χ3n) is 4.57. The molecule has 2 atom stereocenters. The molecule has 144 valence electrons. The number of hydrogen-bond donors (Lipinski definition) is 2. The number of carbonyl (C=O) groups excluding carboxylic acids is 2. The molecule has 0 spiro atoms. The first-order valence-corrected chi connectivity index (χ1v) is 9.32. The van der Waals surface area contributed by atoms with Crippen molar-refractivity contribution in [3.05, 3.63) is 64.7 Å². The Hall–Kier alpha value is -2.37. The number of carbonyl (C=O) groups is 2. The predicted octanol–water partition coefficient (Wildman–Crippen LogP) is 2.15. The van der Waals surface area contributed by atoms with Crippen LogP contribution in [0.15, 0.2) is 48.5 Å². The maximum atomic E-state index is 12.7. The smallest absolute Gasteiger partial charge is 0.280 e. The van der Waals surface area contributed by atoms with Gasteiger partial charge in [0.05, 0.1) is 13.6 Å². The summed E-state index contributed by atoms with van der Waals surface area (Å²) in [6.07, 6.45) is 0. The van der Waals surface area contributed by atoms with E-state index in [1.165, 1.54) is 4.90 Å². The first-order valence-electron chi connectivity index (χ1n) is 8.94. The molecule has 2 rings (SSSR count). The van der Waals surface area contributed by atoms with Crippen molar-refractivity contribution in [2.75, 3.05) is 26.0 Å². The molecule has 1 unspecified atom stereocenters. The lowest BCUT2D eigenvalue weighted by Gasteiger charge is -2.25. The lowest BCUT2D eigenvalue weighted by atomic mass is 10.2. The van der Waals surface area contributed by atoms with Crippen LogP contribution in [0.1, 0.15) is 18.1 Å². The van der Waals surface area contributed by atoms with Gasteiger partial charge in [-0.25, -0.2) is 0 Å². The topological polar surface area (TPSA) is 53.9 Å². The van der Waals surface area contributed by atoms with Crippen molar-refractivity contribution in [3.8, 4) is 0 Å². The first-order chi connectivity index (χ1) is 12.8. The molecule has 0 aromatic heterocycles. The molecule has 27 heavy (non-hydrogen) atoms. The van der Waals surface area contributed by atoms with Gasteiger partial charge in [0.25, 0.3) is 5.91 Å². The Balaban J connectivity index is 1.88. The van der Waals surface area contributed by atoms with Crippen molar-refractivity contribution >= 4 is 29.1 Å². The van der Waals surface area contributed by atoms with Crippen LogP contribution in [0.5, 0.6) is 0 Å². The highest BCUT2D eigenvalue weighted by molar-refractivity contribution is 6.30. The number of amides is 2. The molecule has 2 N–H and O–H groups in total. The summed E-state index contributed by atoms with van der Waals surface area (Å²) in [7, 11) is 3.61. The highest BCUT2D eigenvalue weighted by Gasteiger charge is 2.26. The van der Waals surface area contributed by atoms with Gasteiger partial charge in [-0.1, -0.05) is 41.4 Å². The highest BCUT2D eigenvalue weighted by atomic mass is 35.5. The van der Waals surface area contributed by atoms with E-state index in [2.05, 4.69) is 5.32 Å². The van der Waals surface area contributed by atoms with Crippen molar-refractivity contribution in [1.29, 1.82) is 0 Å². The maximum absolute atomic E-state index is 12.7. The second kappa shape index (κ2) is 9.53. The second-order valence-corrected chi connectivity index (χ2v) is 7.42. The van der Waals surface area contributed by atoms with Crippen LogP contribution in [0.4, 0.5) is 5.69 Å². The van der Waals surface area contributed by atoms with E-state index in [4.69, 9.17) is 11.6 Å². The summed E-state index contributed by atoms with van der Waals surface area (Å²) >= 11 is 6.02. The summed E-state index contributed by atoms with van der Waals surface area (Å²) in [4.78, 5) is 27.4. The number of hydrogen-bond acceptors (Lipinski definition) is 2. The highest BCUT2D eigenvalue weighted by Crippen LogP contribution is 2.10. The zero-order chi connectivity index (χ0) is 20.0. The zero-order valence-corrected chi connectivity index (χ0v) is 17.0. The molecular weight excluding hydrogens is 362 g/mol. The Morgan fingerprint density at radius 1 is 1.19 bits per heavy atom. The van der Waals surface area contributed by atoms with Gasteiger partial charge in [-0.2, -0.15) is 0 Å². The van der Waals surface area contributed by atoms with Gasteiger partial charge in [-0.15, -0.1) is 0 Å². The predicted molar refractivity (Wildman–Crippen MR) is 109 cm³/mol. The van der Waals surface area contributed by atoms with Crippen molar-refractivity contribution < 1.29 is 14.5 Å². The number of aryl methyl sites for hydroxylation is 1. The van der Waals surface area contributed by atoms with Crippen LogP contribution in [0.2, 0.25) is 5.02 Å². The number of anilines is 1. The monoisotopic (exact) mass is 388 g/mol. The van der Waals surface area contributed by atoms with Gasteiger partial charge in [0.15, 0.2) is 6.04 Å². The Bertz CT molecular complexity index is 792. The van der Waals surface area contributed by atoms with Gasteiger partial charge in [-0.3, -0.25) is 9.59 Å². The first kappa shape index (κ1) is 20.9. The van der Waals surface area contributed by atoms with Crippen molar-refractivity contribution in [1.82, 2.24) is 4.90 Å². The van der Waals surface area contributed by atoms with E-state index in [1.54, 1.807) is 7.05 Å². The number of nitrogens with one attached hydrogen (secondary N) is 2. The van der Waals surface area contributed by atoms with Crippen molar-refractivity contribution in [3.63, 3.8) is 0 Å². The molecule has 0 aliphatic rings. The molecule has 0 radical (unpaired) electrons. The molecule has 0 fully saturated rings. The molecule has 6 heteroatoms. The van der Waals surface area contributed by atoms with Crippen molar-refractivity contribution in [2.45, 2.75) is 26.4 Å². The minimum absolute atomic E-state index is 0.0154. The third kappa shape index (κ3) is 6.38. The van der Waals surface area contributed by atoms with Crippen LogP contribution in [0.25, 0.3) is 0 Å². The van der Waals surface area contributed by atoms with Crippen LogP contribution in [0.3, 0.4) is 0 Å².